The topological polar surface area (TPSA) is 77.9 Å². The molecule has 0 bridgehead atoms. The van der Waals surface area contributed by atoms with Crippen molar-refractivity contribution in [3.05, 3.63) is 87.9 Å². The van der Waals surface area contributed by atoms with Gasteiger partial charge in [0.15, 0.2) is 5.52 Å². The lowest BCUT2D eigenvalue weighted by atomic mass is 10.2. The van der Waals surface area contributed by atoms with Gasteiger partial charge in [-0.05, 0) is 73.1 Å². The van der Waals surface area contributed by atoms with Gasteiger partial charge < -0.3 is 9.71 Å². The van der Waals surface area contributed by atoms with E-state index in [0.29, 0.717) is 22.4 Å². The molecule has 0 fully saturated rings. The molecule has 0 spiro atoms. The average Bonchev–Trinajstić information content (AvgIpc) is 2.68. The van der Waals surface area contributed by atoms with Crippen LogP contribution in [0.4, 0.5) is 5.82 Å². The molecular weight excluding hydrogens is 396 g/mol. The number of para-hydroxylation sites is 2. The molecule has 0 saturated heterocycles. The highest BCUT2D eigenvalue weighted by Crippen LogP contribution is 2.32. The molecule has 0 N–H and O–H groups in total. The number of fused-ring (bicyclic) bond motifs is 1. The van der Waals surface area contributed by atoms with Crippen LogP contribution in [-0.4, -0.2) is 18.4 Å². The Balaban J connectivity index is 1.92. The number of nitrogens with zero attached hydrogens (tertiary/aromatic N) is 4. The summed E-state index contributed by atoms with van der Waals surface area (Å²) in [4.78, 5) is 9.41. The smallest absolute Gasteiger partial charge is 0.327 e. The molecule has 0 aliphatic rings. The zero-order chi connectivity index (χ0) is 21.5. The maximum absolute atomic E-state index is 13.2. The van der Waals surface area contributed by atoms with Gasteiger partial charge in [0.2, 0.25) is 10.0 Å². The van der Waals surface area contributed by atoms with Gasteiger partial charge in [-0.15, -0.1) is 0 Å². The van der Waals surface area contributed by atoms with Crippen molar-refractivity contribution < 1.29 is 13.0 Å². The van der Waals surface area contributed by atoms with E-state index in [0.717, 1.165) is 16.7 Å². The lowest BCUT2D eigenvalue weighted by Gasteiger charge is -2.18. The number of sulfonamides is 1. The molecule has 0 atom stereocenters. The van der Waals surface area contributed by atoms with Gasteiger partial charge in [-0.25, -0.2) is 13.0 Å². The standard InChI is InChI=1S/C23H22N4O2S/c1-15-9-10-18(4)21(12-15)30(28,29)26-22-23(27-13-16(2)11-17(3)14-27)25-20-8-6-5-7-19(20)24-22/h5-14H,1-4H3. The van der Waals surface area contributed by atoms with Gasteiger partial charge >= 0.3 is 5.82 Å². The molecule has 4 rings (SSSR count). The summed E-state index contributed by atoms with van der Waals surface area (Å²) >= 11 is 0. The molecule has 0 amide bonds. The first-order chi connectivity index (χ1) is 14.2. The quantitative estimate of drug-likeness (QED) is 0.456. The lowest BCUT2D eigenvalue weighted by Crippen LogP contribution is -2.32. The molecule has 2 heterocycles. The molecule has 0 aliphatic heterocycles. The summed E-state index contributed by atoms with van der Waals surface area (Å²) < 4.78 is 32.3. The Labute approximate surface area is 176 Å². The normalized spacial score (nSPS) is 11.6. The molecule has 2 aromatic carbocycles. The van der Waals surface area contributed by atoms with Crippen LogP contribution in [0.1, 0.15) is 22.3 Å². The Morgan fingerprint density at radius 2 is 1.43 bits per heavy atom. The Hall–Kier alpha value is -3.32. The number of aryl methyl sites for hydroxylation is 4. The first kappa shape index (κ1) is 20.0. The molecule has 6 nitrogen and oxygen atoms in total. The van der Waals surface area contributed by atoms with E-state index in [1.54, 1.807) is 29.7 Å². The molecule has 0 saturated carbocycles. The minimum atomic E-state index is -3.98. The number of hydrogen-bond acceptors (Lipinski definition) is 4. The van der Waals surface area contributed by atoms with E-state index < -0.39 is 10.0 Å². The molecule has 4 aromatic rings. The van der Waals surface area contributed by atoms with Gasteiger partial charge in [0.1, 0.15) is 0 Å². The van der Waals surface area contributed by atoms with Crippen LogP contribution < -0.4 is 4.57 Å². The van der Waals surface area contributed by atoms with Crippen LogP contribution >= 0.6 is 0 Å². The van der Waals surface area contributed by atoms with E-state index in [4.69, 9.17) is 0 Å². The number of pyridine rings is 1. The van der Waals surface area contributed by atoms with Gasteiger partial charge in [0.05, 0.1) is 17.3 Å². The average molecular weight is 419 g/mol. The van der Waals surface area contributed by atoms with E-state index in [9.17, 15) is 8.42 Å². The zero-order valence-electron chi connectivity index (χ0n) is 17.3. The summed E-state index contributed by atoms with van der Waals surface area (Å²) in [5, 5.41) is 0. The summed E-state index contributed by atoms with van der Waals surface area (Å²) in [7, 11) is -3.98. The van der Waals surface area contributed by atoms with Crippen molar-refractivity contribution in [2.24, 2.45) is 0 Å². The molecule has 0 unspecified atom stereocenters. The van der Waals surface area contributed by atoms with Gasteiger partial charge in [-0.1, -0.05) is 30.3 Å². The van der Waals surface area contributed by atoms with Crippen molar-refractivity contribution in [2.45, 2.75) is 32.6 Å². The predicted molar refractivity (Wildman–Crippen MR) is 117 cm³/mol. The highest BCUT2D eigenvalue weighted by atomic mass is 32.2. The summed E-state index contributed by atoms with van der Waals surface area (Å²) in [6, 6.07) is 14.7. The number of rotatable bonds is 4. The molecule has 7 heteroatoms. The van der Waals surface area contributed by atoms with Gasteiger partial charge in [-0.3, -0.25) is 0 Å². The van der Waals surface area contributed by atoms with Crippen molar-refractivity contribution in [1.82, 2.24) is 9.97 Å². The maximum Gasteiger partial charge on any atom is 0.327 e. The lowest BCUT2D eigenvalue weighted by molar-refractivity contribution is -0.599. The first-order valence-electron chi connectivity index (χ1n) is 9.55. The van der Waals surface area contributed by atoms with Gasteiger partial charge in [0, 0.05) is 11.3 Å². The second-order valence-electron chi connectivity index (χ2n) is 7.49. The van der Waals surface area contributed by atoms with Gasteiger partial charge in [0.25, 0.3) is 0 Å². The SMILES string of the molecule is Cc1ccc(C)c(S(=O)(=O)[N-]c2nc3ccccc3nc2-[n+]2cc(C)cc(C)c2)c1. The van der Waals surface area contributed by atoms with E-state index in [2.05, 4.69) is 14.7 Å². The number of benzene rings is 2. The molecule has 152 valence electrons. The summed E-state index contributed by atoms with van der Waals surface area (Å²) in [6.45, 7) is 7.56. The number of aromatic nitrogens is 3. The fourth-order valence-electron chi connectivity index (χ4n) is 3.40. The fourth-order valence-corrected chi connectivity index (χ4v) is 4.65. The first-order valence-corrected chi connectivity index (χ1v) is 11.0. The van der Waals surface area contributed by atoms with E-state index >= 15 is 0 Å². The third-order valence-electron chi connectivity index (χ3n) is 4.75. The van der Waals surface area contributed by atoms with Gasteiger partial charge in [-0.2, -0.15) is 0 Å². The largest absolute Gasteiger partial charge is 0.425 e. The number of hydrogen-bond donors (Lipinski definition) is 0. The minimum Gasteiger partial charge on any atom is -0.425 e. The summed E-state index contributed by atoms with van der Waals surface area (Å²) in [6.07, 6.45) is 3.77. The van der Waals surface area contributed by atoms with E-state index in [1.165, 1.54) is 0 Å². The Morgan fingerprint density at radius 1 is 0.800 bits per heavy atom. The van der Waals surface area contributed by atoms with Crippen LogP contribution in [0.25, 0.3) is 21.6 Å². The van der Waals surface area contributed by atoms with Crippen LogP contribution in [0, 0.1) is 27.7 Å². The minimum absolute atomic E-state index is 0.0598. The molecule has 2 aromatic heterocycles. The Kier molecular flexibility index (Phi) is 4.99. The van der Waals surface area contributed by atoms with E-state index in [-0.39, 0.29) is 10.7 Å². The molecule has 0 aliphatic carbocycles. The Morgan fingerprint density at radius 3 is 2.10 bits per heavy atom. The second kappa shape index (κ2) is 7.50. The van der Waals surface area contributed by atoms with Crippen LogP contribution in [0.3, 0.4) is 0 Å². The Bertz CT molecular complexity index is 1360. The third kappa shape index (κ3) is 3.89. The van der Waals surface area contributed by atoms with Crippen LogP contribution in [0.5, 0.6) is 0 Å². The van der Waals surface area contributed by atoms with Crippen molar-refractivity contribution in [1.29, 1.82) is 0 Å². The second-order valence-corrected chi connectivity index (χ2v) is 9.07. The zero-order valence-corrected chi connectivity index (χ0v) is 18.1. The van der Waals surface area contributed by atoms with Crippen LogP contribution in [0.15, 0.2) is 65.8 Å². The fraction of sp³-hybridized carbons (Fsp3) is 0.174. The highest BCUT2D eigenvalue weighted by Gasteiger charge is 2.20. The predicted octanol–water partition coefficient (Wildman–Crippen LogP) is 4.53. The van der Waals surface area contributed by atoms with Crippen molar-refractivity contribution >= 4 is 26.9 Å². The van der Waals surface area contributed by atoms with Crippen molar-refractivity contribution in [2.75, 3.05) is 0 Å². The highest BCUT2D eigenvalue weighted by molar-refractivity contribution is 7.94. The maximum atomic E-state index is 13.2. The summed E-state index contributed by atoms with van der Waals surface area (Å²) in [5.41, 5.74) is 4.78. The molecule has 30 heavy (non-hydrogen) atoms. The third-order valence-corrected chi connectivity index (χ3v) is 6.16. The van der Waals surface area contributed by atoms with Crippen LogP contribution in [0.2, 0.25) is 0 Å². The van der Waals surface area contributed by atoms with Crippen LogP contribution in [-0.2, 0) is 10.0 Å². The molecule has 0 radical (unpaired) electrons. The monoisotopic (exact) mass is 418 g/mol. The van der Waals surface area contributed by atoms with E-state index in [1.807, 2.05) is 63.5 Å². The molecular formula is C23H22N4O2S. The van der Waals surface area contributed by atoms with Crippen molar-refractivity contribution in [3.63, 3.8) is 0 Å². The summed E-state index contributed by atoms with van der Waals surface area (Å²) in [5.74, 6) is 0.430. The van der Waals surface area contributed by atoms with Crippen molar-refractivity contribution in [3.8, 4) is 5.82 Å².